The molecular weight excluding hydrogens is 246 g/mol. The van der Waals surface area contributed by atoms with E-state index in [1.165, 1.54) is 7.11 Å². The molecule has 6 nitrogen and oxygen atoms in total. The van der Waals surface area contributed by atoms with Gasteiger partial charge in [0.1, 0.15) is 5.75 Å². The van der Waals surface area contributed by atoms with Crippen molar-refractivity contribution in [2.75, 3.05) is 20.8 Å². The Morgan fingerprint density at radius 3 is 2.74 bits per heavy atom. The monoisotopic (exact) mass is 263 g/mol. The summed E-state index contributed by atoms with van der Waals surface area (Å²) in [6.45, 7) is 0.750. The average Bonchev–Trinajstić information content (AvgIpc) is 2.47. The predicted molar refractivity (Wildman–Crippen MR) is 71.3 cm³/mol. The standard InChI is InChI=1S/C13H17N3O3/c1-18-10-5-3-9(4-6-10)11-7-8-14-12(15-11)16-13(17)19-2/h3-6,11H,7-8H2,1-2H3,(H2,14,15,16,17). The third-order valence-corrected chi connectivity index (χ3v) is 2.90. The molecule has 0 aromatic heterocycles. The molecule has 1 heterocycles. The van der Waals surface area contributed by atoms with Crippen LogP contribution in [-0.2, 0) is 4.74 Å². The second-order valence-electron chi connectivity index (χ2n) is 4.10. The third-order valence-electron chi connectivity index (χ3n) is 2.90. The number of nitrogens with zero attached hydrogens (tertiary/aromatic N) is 1. The van der Waals surface area contributed by atoms with Crippen molar-refractivity contribution in [3.63, 3.8) is 0 Å². The van der Waals surface area contributed by atoms with E-state index in [2.05, 4.69) is 20.4 Å². The van der Waals surface area contributed by atoms with Crippen LogP contribution in [0, 0.1) is 0 Å². The highest BCUT2D eigenvalue weighted by molar-refractivity contribution is 5.94. The van der Waals surface area contributed by atoms with E-state index in [1.54, 1.807) is 7.11 Å². The molecule has 0 spiro atoms. The number of methoxy groups -OCH3 is 2. The molecule has 0 fully saturated rings. The van der Waals surface area contributed by atoms with Crippen molar-refractivity contribution in [3.8, 4) is 5.75 Å². The molecule has 0 bridgehead atoms. The number of hydrogen-bond donors (Lipinski definition) is 2. The number of aliphatic imine (C=N–C) groups is 1. The first-order valence-corrected chi connectivity index (χ1v) is 6.03. The van der Waals surface area contributed by atoms with E-state index >= 15 is 0 Å². The lowest BCUT2D eigenvalue weighted by Crippen LogP contribution is -2.44. The first kappa shape index (κ1) is 13.2. The van der Waals surface area contributed by atoms with E-state index in [0.717, 1.165) is 24.3 Å². The van der Waals surface area contributed by atoms with E-state index in [9.17, 15) is 4.79 Å². The second-order valence-corrected chi connectivity index (χ2v) is 4.10. The van der Waals surface area contributed by atoms with Gasteiger partial charge in [-0.3, -0.25) is 5.32 Å². The zero-order valence-corrected chi connectivity index (χ0v) is 11.0. The maximum absolute atomic E-state index is 11.1. The highest BCUT2D eigenvalue weighted by Crippen LogP contribution is 2.24. The zero-order chi connectivity index (χ0) is 13.7. The molecule has 1 atom stereocenters. The summed E-state index contributed by atoms with van der Waals surface area (Å²) in [5.74, 6) is 1.26. The van der Waals surface area contributed by atoms with Crippen LogP contribution in [0.25, 0.3) is 0 Å². The van der Waals surface area contributed by atoms with Crippen LogP contribution in [0.15, 0.2) is 29.3 Å². The number of amides is 1. The fourth-order valence-electron chi connectivity index (χ4n) is 1.88. The van der Waals surface area contributed by atoms with Crippen LogP contribution in [0.5, 0.6) is 5.75 Å². The van der Waals surface area contributed by atoms with Gasteiger partial charge >= 0.3 is 6.09 Å². The summed E-state index contributed by atoms with van der Waals surface area (Å²) in [4.78, 5) is 15.6. The van der Waals surface area contributed by atoms with Gasteiger partial charge in [-0.1, -0.05) is 12.1 Å². The van der Waals surface area contributed by atoms with Crippen molar-refractivity contribution in [2.24, 2.45) is 4.99 Å². The summed E-state index contributed by atoms with van der Waals surface area (Å²) >= 11 is 0. The Bertz CT molecular complexity index is 471. The van der Waals surface area contributed by atoms with Crippen LogP contribution in [0.2, 0.25) is 0 Å². The van der Waals surface area contributed by atoms with Gasteiger partial charge < -0.3 is 14.8 Å². The molecule has 19 heavy (non-hydrogen) atoms. The SMILES string of the molecule is COC(=O)NC1=NC(c2ccc(OC)cc2)CCN1. The Labute approximate surface area is 111 Å². The van der Waals surface area contributed by atoms with Gasteiger partial charge in [0, 0.05) is 6.54 Å². The maximum atomic E-state index is 11.1. The molecule has 0 saturated carbocycles. The average molecular weight is 263 g/mol. The van der Waals surface area contributed by atoms with Crippen LogP contribution in [0.3, 0.4) is 0 Å². The number of guanidine groups is 1. The summed E-state index contributed by atoms with van der Waals surface area (Å²) in [5.41, 5.74) is 1.09. The van der Waals surface area contributed by atoms with Crippen molar-refractivity contribution < 1.29 is 14.3 Å². The summed E-state index contributed by atoms with van der Waals surface area (Å²) in [6.07, 6.45) is 0.347. The van der Waals surface area contributed by atoms with E-state index in [-0.39, 0.29) is 6.04 Å². The van der Waals surface area contributed by atoms with E-state index in [4.69, 9.17) is 4.74 Å². The smallest absolute Gasteiger partial charge is 0.413 e. The van der Waals surface area contributed by atoms with Crippen molar-refractivity contribution in [1.29, 1.82) is 0 Å². The van der Waals surface area contributed by atoms with E-state index < -0.39 is 6.09 Å². The summed E-state index contributed by atoms with van der Waals surface area (Å²) < 4.78 is 9.66. The normalized spacial score (nSPS) is 18.0. The fourth-order valence-corrected chi connectivity index (χ4v) is 1.88. The molecule has 102 valence electrons. The van der Waals surface area contributed by atoms with Crippen LogP contribution >= 0.6 is 0 Å². The Morgan fingerprint density at radius 2 is 2.11 bits per heavy atom. The predicted octanol–water partition coefficient (Wildman–Crippen LogP) is 1.44. The van der Waals surface area contributed by atoms with Gasteiger partial charge in [-0.25, -0.2) is 9.79 Å². The molecule has 1 aliphatic heterocycles. The Balaban J connectivity index is 2.10. The molecule has 1 aliphatic rings. The molecular formula is C13H17N3O3. The highest BCUT2D eigenvalue weighted by Gasteiger charge is 2.17. The second kappa shape index (κ2) is 6.08. The number of carbonyl (C=O) groups excluding carboxylic acids is 1. The molecule has 0 aliphatic carbocycles. The molecule has 1 amide bonds. The molecule has 1 aromatic rings. The number of benzene rings is 1. The van der Waals surface area contributed by atoms with Gasteiger partial charge in [-0.15, -0.1) is 0 Å². The topological polar surface area (TPSA) is 72.0 Å². The van der Waals surface area contributed by atoms with Gasteiger partial charge in [-0.05, 0) is 24.1 Å². The van der Waals surface area contributed by atoms with Gasteiger partial charge in [0.15, 0.2) is 0 Å². The number of hydrogen-bond acceptors (Lipinski definition) is 5. The fraction of sp³-hybridized carbons (Fsp3) is 0.385. The van der Waals surface area contributed by atoms with Gasteiger partial charge in [0.2, 0.25) is 5.96 Å². The number of nitrogens with one attached hydrogen (secondary N) is 2. The molecule has 0 saturated heterocycles. The lowest BCUT2D eigenvalue weighted by molar-refractivity contribution is 0.176. The maximum Gasteiger partial charge on any atom is 0.413 e. The minimum atomic E-state index is -0.526. The Morgan fingerprint density at radius 1 is 1.37 bits per heavy atom. The molecule has 2 N–H and O–H groups in total. The van der Waals surface area contributed by atoms with Crippen LogP contribution in [0.1, 0.15) is 18.0 Å². The Hall–Kier alpha value is -2.24. The molecule has 6 heteroatoms. The summed E-state index contributed by atoms with van der Waals surface area (Å²) in [7, 11) is 2.95. The number of ether oxygens (including phenoxy) is 2. The van der Waals surface area contributed by atoms with Crippen molar-refractivity contribution >= 4 is 12.1 Å². The quantitative estimate of drug-likeness (QED) is 0.847. The van der Waals surface area contributed by atoms with Gasteiger partial charge in [0.25, 0.3) is 0 Å². The number of rotatable bonds is 2. The van der Waals surface area contributed by atoms with Crippen LogP contribution in [0.4, 0.5) is 4.79 Å². The highest BCUT2D eigenvalue weighted by atomic mass is 16.5. The largest absolute Gasteiger partial charge is 0.497 e. The van der Waals surface area contributed by atoms with Gasteiger partial charge in [0.05, 0.1) is 20.3 Å². The van der Waals surface area contributed by atoms with Crippen molar-refractivity contribution in [2.45, 2.75) is 12.5 Å². The first-order chi connectivity index (χ1) is 9.22. The minimum absolute atomic E-state index is 0.0271. The van der Waals surface area contributed by atoms with Gasteiger partial charge in [-0.2, -0.15) is 0 Å². The minimum Gasteiger partial charge on any atom is -0.497 e. The molecule has 1 unspecified atom stereocenters. The first-order valence-electron chi connectivity index (χ1n) is 6.03. The number of alkyl carbamates (subject to hydrolysis) is 1. The lowest BCUT2D eigenvalue weighted by Gasteiger charge is -2.22. The zero-order valence-electron chi connectivity index (χ0n) is 11.0. The summed E-state index contributed by atoms with van der Waals surface area (Å²) in [5, 5.41) is 5.56. The van der Waals surface area contributed by atoms with E-state index in [1.807, 2.05) is 24.3 Å². The third kappa shape index (κ3) is 3.37. The lowest BCUT2D eigenvalue weighted by atomic mass is 10.0. The molecule has 1 aromatic carbocycles. The summed E-state index contributed by atoms with van der Waals surface area (Å²) in [6, 6.07) is 7.79. The van der Waals surface area contributed by atoms with Crippen molar-refractivity contribution in [1.82, 2.24) is 10.6 Å². The van der Waals surface area contributed by atoms with Crippen molar-refractivity contribution in [3.05, 3.63) is 29.8 Å². The molecule has 2 rings (SSSR count). The molecule has 0 radical (unpaired) electrons. The van der Waals surface area contributed by atoms with Crippen LogP contribution < -0.4 is 15.4 Å². The van der Waals surface area contributed by atoms with E-state index in [0.29, 0.717) is 5.96 Å². The van der Waals surface area contributed by atoms with Crippen LogP contribution in [-0.4, -0.2) is 32.8 Å². The number of carbonyl (C=O) groups is 1. The Kier molecular flexibility index (Phi) is 4.22.